The predicted octanol–water partition coefficient (Wildman–Crippen LogP) is 2.06. The number of hydrogen-bond acceptors (Lipinski definition) is 3. The van der Waals surface area contributed by atoms with E-state index in [0.717, 1.165) is 19.6 Å². The summed E-state index contributed by atoms with van der Waals surface area (Å²) in [4.78, 5) is 16.6. The van der Waals surface area contributed by atoms with Gasteiger partial charge in [0.1, 0.15) is 5.82 Å². The summed E-state index contributed by atoms with van der Waals surface area (Å²) in [6, 6.07) is 6.29. The average Bonchev–Trinajstić information content (AvgIpc) is 3.04. The SMILES string of the molecule is O=C(NCc1ccccc1F)N1C[C@@H](CO)[C@@H](CN2CCCCC2)C1. The van der Waals surface area contributed by atoms with E-state index in [1.54, 1.807) is 23.1 Å². The lowest BCUT2D eigenvalue weighted by Crippen LogP contribution is -2.39. The van der Waals surface area contributed by atoms with E-state index in [2.05, 4.69) is 10.2 Å². The molecular formula is C19H28FN3O2. The summed E-state index contributed by atoms with van der Waals surface area (Å²) in [5.41, 5.74) is 0.485. The molecule has 1 aromatic rings. The van der Waals surface area contributed by atoms with Gasteiger partial charge >= 0.3 is 6.03 Å². The number of carbonyl (C=O) groups excluding carboxylic acids is 1. The first kappa shape index (κ1) is 18.1. The minimum Gasteiger partial charge on any atom is -0.396 e. The molecule has 0 saturated carbocycles. The van der Waals surface area contributed by atoms with Gasteiger partial charge in [0.15, 0.2) is 0 Å². The maximum Gasteiger partial charge on any atom is 0.317 e. The highest BCUT2D eigenvalue weighted by molar-refractivity contribution is 5.74. The van der Waals surface area contributed by atoms with Crippen LogP contribution < -0.4 is 5.32 Å². The van der Waals surface area contributed by atoms with Gasteiger partial charge in [0, 0.05) is 44.3 Å². The van der Waals surface area contributed by atoms with Crippen molar-refractivity contribution in [2.75, 3.05) is 39.3 Å². The van der Waals surface area contributed by atoms with E-state index in [0.29, 0.717) is 24.6 Å². The Labute approximate surface area is 148 Å². The van der Waals surface area contributed by atoms with Crippen molar-refractivity contribution in [3.63, 3.8) is 0 Å². The van der Waals surface area contributed by atoms with E-state index >= 15 is 0 Å². The number of halogens is 1. The van der Waals surface area contributed by atoms with Crippen LogP contribution in [-0.2, 0) is 6.54 Å². The molecule has 25 heavy (non-hydrogen) atoms. The first-order chi connectivity index (χ1) is 12.2. The summed E-state index contributed by atoms with van der Waals surface area (Å²) >= 11 is 0. The Morgan fingerprint density at radius 3 is 2.60 bits per heavy atom. The van der Waals surface area contributed by atoms with Crippen LogP contribution in [0.4, 0.5) is 9.18 Å². The number of urea groups is 1. The number of aliphatic hydroxyl groups excluding tert-OH is 1. The van der Waals surface area contributed by atoms with Crippen LogP contribution in [0.1, 0.15) is 24.8 Å². The highest BCUT2D eigenvalue weighted by atomic mass is 19.1. The smallest absolute Gasteiger partial charge is 0.317 e. The number of nitrogens with one attached hydrogen (secondary N) is 1. The molecule has 0 unspecified atom stereocenters. The molecule has 1 aromatic carbocycles. The number of amides is 2. The molecule has 6 heteroatoms. The third kappa shape index (κ3) is 4.70. The lowest BCUT2D eigenvalue weighted by Gasteiger charge is -2.30. The molecule has 0 bridgehead atoms. The largest absolute Gasteiger partial charge is 0.396 e. The molecule has 3 rings (SSSR count). The average molecular weight is 349 g/mol. The van der Waals surface area contributed by atoms with Gasteiger partial charge in [-0.15, -0.1) is 0 Å². The Hall–Kier alpha value is -1.66. The Morgan fingerprint density at radius 2 is 1.88 bits per heavy atom. The van der Waals surface area contributed by atoms with Gasteiger partial charge in [-0.1, -0.05) is 24.6 Å². The summed E-state index contributed by atoms with van der Waals surface area (Å²) in [5.74, 6) is 0.129. The zero-order chi connectivity index (χ0) is 17.6. The number of likely N-dealkylation sites (tertiary alicyclic amines) is 2. The van der Waals surface area contributed by atoms with E-state index in [9.17, 15) is 14.3 Å². The number of carbonyl (C=O) groups is 1. The fourth-order valence-corrected chi connectivity index (χ4v) is 3.92. The van der Waals surface area contributed by atoms with Gasteiger partial charge in [0.05, 0.1) is 0 Å². The van der Waals surface area contributed by atoms with Crippen molar-refractivity contribution < 1.29 is 14.3 Å². The molecule has 2 heterocycles. The summed E-state index contributed by atoms with van der Waals surface area (Å²) in [6.45, 7) is 4.70. The molecule has 2 fully saturated rings. The zero-order valence-electron chi connectivity index (χ0n) is 14.7. The van der Waals surface area contributed by atoms with Gasteiger partial charge in [-0.25, -0.2) is 9.18 Å². The van der Waals surface area contributed by atoms with Crippen LogP contribution in [-0.4, -0.2) is 60.3 Å². The van der Waals surface area contributed by atoms with Crippen LogP contribution >= 0.6 is 0 Å². The molecule has 5 nitrogen and oxygen atoms in total. The third-order valence-corrected chi connectivity index (χ3v) is 5.43. The minimum atomic E-state index is -0.305. The van der Waals surface area contributed by atoms with E-state index < -0.39 is 0 Å². The van der Waals surface area contributed by atoms with Crippen molar-refractivity contribution in [1.82, 2.24) is 15.1 Å². The van der Waals surface area contributed by atoms with E-state index in [4.69, 9.17) is 0 Å². The summed E-state index contributed by atoms with van der Waals surface area (Å²) in [6.07, 6.45) is 3.78. The maximum absolute atomic E-state index is 13.7. The van der Waals surface area contributed by atoms with Crippen molar-refractivity contribution in [1.29, 1.82) is 0 Å². The Morgan fingerprint density at radius 1 is 1.16 bits per heavy atom. The van der Waals surface area contributed by atoms with Crippen LogP contribution in [0.3, 0.4) is 0 Å². The summed E-state index contributed by atoms with van der Waals surface area (Å²) in [7, 11) is 0. The fraction of sp³-hybridized carbons (Fsp3) is 0.632. The monoisotopic (exact) mass is 349 g/mol. The van der Waals surface area contributed by atoms with Gasteiger partial charge in [-0.3, -0.25) is 0 Å². The standard InChI is InChI=1S/C19H28FN3O2/c20-18-7-3-2-6-15(18)10-21-19(25)23-12-16(17(13-23)14-24)11-22-8-4-1-5-9-22/h2-3,6-7,16-17,24H,1,4-5,8-14H2,(H,21,25)/t16-,17-/m0/s1. The van der Waals surface area contributed by atoms with Gasteiger partial charge < -0.3 is 20.2 Å². The van der Waals surface area contributed by atoms with Gasteiger partial charge in [0.25, 0.3) is 0 Å². The fourth-order valence-electron chi connectivity index (χ4n) is 3.92. The summed E-state index contributed by atoms with van der Waals surface area (Å²) < 4.78 is 13.7. The lowest BCUT2D eigenvalue weighted by molar-refractivity contribution is 0.149. The minimum absolute atomic E-state index is 0.107. The van der Waals surface area contributed by atoms with Crippen LogP contribution in [0.15, 0.2) is 24.3 Å². The van der Waals surface area contributed by atoms with Crippen LogP contribution in [0.5, 0.6) is 0 Å². The van der Waals surface area contributed by atoms with E-state index in [1.165, 1.54) is 25.3 Å². The molecular weight excluding hydrogens is 321 g/mol. The highest BCUT2D eigenvalue weighted by Gasteiger charge is 2.35. The quantitative estimate of drug-likeness (QED) is 0.856. The van der Waals surface area contributed by atoms with Crippen molar-refractivity contribution in [3.8, 4) is 0 Å². The van der Waals surface area contributed by atoms with Gasteiger partial charge in [0.2, 0.25) is 0 Å². The van der Waals surface area contributed by atoms with E-state index in [-0.39, 0.29) is 30.9 Å². The molecule has 2 saturated heterocycles. The second-order valence-corrected chi connectivity index (χ2v) is 7.22. The molecule has 0 aliphatic carbocycles. The first-order valence-electron chi connectivity index (χ1n) is 9.26. The van der Waals surface area contributed by atoms with Crippen molar-refractivity contribution in [2.45, 2.75) is 25.8 Å². The number of aliphatic hydroxyl groups is 1. The Balaban J connectivity index is 1.52. The number of hydrogen-bond donors (Lipinski definition) is 2. The maximum atomic E-state index is 13.7. The molecule has 0 radical (unpaired) electrons. The van der Waals surface area contributed by atoms with Gasteiger partial charge in [-0.2, -0.15) is 0 Å². The van der Waals surface area contributed by atoms with Crippen molar-refractivity contribution in [2.24, 2.45) is 11.8 Å². The van der Waals surface area contributed by atoms with Crippen LogP contribution in [0.2, 0.25) is 0 Å². The molecule has 0 spiro atoms. The number of benzene rings is 1. The Kier molecular flexibility index (Phi) is 6.26. The third-order valence-electron chi connectivity index (χ3n) is 5.43. The molecule has 138 valence electrons. The summed E-state index contributed by atoms with van der Waals surface area (Å²) in [5, 5.41) is 12.5. The molecule has 2 atom stereocenters. The first-order valence-corrected chi connectivity index (χ1v) is 9.26. The predicted molar refractivity (Wildman–Crippen MR) is 94.6 cm³/mol. The lowest BCUT2D eigenvalue weighted by atomic mass is 9.95. The molecule has 2 N–H and O–H groups in total. The molecule has 2 aliphatic rings. The highest BCUT2D eigenvalue weighted by Crippen LogP contribution is 2.25. The second-order valence-electron chi connectivity index (χ2n) is 7.22. The van der Waals surface area contributed by atoms with Gasteiger partial charge in [-0.05, 0) is 37.9 Å². The number of rotatable bonds is 5. The van der Waals surface area contributed by atoms with Crippen LogP contribution in [0, 0.1) is 17.7 Å². The van der Waals surface area contributed by atoms with E-state index in [1.807, 2.05) is 0 Å². The van der Waals surface area contributed by atoms with Crippen molar-refractivity contribution >= 4 is 6.03 Å². The van der Waals surface area contributed by atoms with Crippen LogP contribution in [0.25, 0.3) is 0 Å². The zero-order valence-corrected chi connectivity index (χ0v) is 14.7. The number of nitrogens with zero attached hydrogens (tertiary/aromatic N) is 2. The van der Waals surface area contributed by atoms with Crippen molar-refractivity contribution in [3.05, 3.63) is 35.6 Å². The number of piperidine rings is 1. The molecule has 2 aliphatic heterocycles. The molecule has 2 amide bonds. The molecule has 0 aromatic heterocycles. The normalized spacial score (nSPS) is 24.5. The topological polar surface area (TPSA) is 55.8 Å². The second kappa shape index (κ2) is 8.63. The Bertz CT molecular complexity index is 578.